The number of piperazine rings is 1. The van der Waals surface area contributed by atoms with Crippen molar-refractivity contribution in [2.45, 2.75) is 32.9 Å². The van der Waals surface area contributed by atoms with Crippen LogP contribution >= 0.6 is 0 Å². The Balaban J connectivity index is 1.96. The van der Waals surface area contributed by atoms with Crippen LogP contribution in [0.2, 0.25) is 0 Å². The summed E-state index contributed by atoms with van der Waals surface area (Å²) in [5, 5.41) is 7.97. The van der Waals surface area contributed by atoms with Crippen molar-refractivity contribution >= 4 is 0 Å². The van der Waals surface area contributed by atoms with Gasteiger partial charge < -0.3 is 5.32 Å². The molecule has 1 saturated heterocycles. The molecule has 0 radical (unpaired) electrons. The lowest BCUT2D eigenvalue weighted by Crippen LogP contribution is -2.51. The zero-order valence-corrected chi connectivity index (χ0v) is 11.2. The van der Waals surface area contributed by atoms with Gasteiger partial charge in [0.2, 0.25) is 0 Å². The Hall–Kier alpha value is -0.870. The molecule has 1 unspecified atom stereocenters. The molecule has 4 nitrogen and oxygen atoms in total. The van der Waals surface area contributed by atoms with E-state index in [4.69, 9.17) is 0 Å². The molecular weight excluding hydrogens is 212 g/mol. The third-order valence-corrected chi connectivity index (χ3v) is 3.35. The zero-order chi connectivity index (χ0) is 12.3. The zero-order valence-electron chi connectivity index (χ0n) is 11.2. The standard InChI is InChI=1S/C13H24N4/c1-11(2)8-13-9-14-5-7-17(13)10-12-4-6-16(3)15-12/h4,6,11,13-14H,5,7-10H2,1-3H3. The van der Waals surface area contributed by atoms with Crippen LogP contribution in [0.1, 0.15) is 26.0 Å². The van der Waals surface area contributed by atoms with E-state index in [-0.39, 0.29) is 0 Å². The topological polar surface area (TPSA) is 33.1 Å². The van der Waals surface area contributed by atoms with E-state index < -0.39 is 0 Å². The van der Waals surface area contributed by atoms with Gasteiger partial charge in [0.15, 0.2) is 0 Å². The molecule has 96 valence electrons. The van der Waals surface area contributed by atoms with Crippen molar-refractivity contribution < 1.29 is 0 Å². The second-order valence-electron chi connectivity index (χ2n) is 5.44. The van der Waals surface area contributed by atoms with Crippen molar-refractivity contribution in [3.05, 3.63) is 18.0 Å². The van der Waals surface area contributed by atoms with Gasteiger partial charge in [-0.2, -0.15) is 5.10 Å². The lowest BCUT2D eigenvalue weighted by molar-refractivity contribution is 0.132. The molecule has 0 amide bonds. The Morgan fingerprint density at radius 3 is 3.00 bits per heavy atom. The van der Waals surface area contributed by atoms with Crippen molar-refractivity contribution in [2.75, 3.05) is 19.6 Å². The molecule has 1 aliphatic heterocycles. The fourth-order valence-electron chi connectivity index (χ4n) is 2.54. The quantitative estimate of drug-likeness (QED) is 0.854. The van der Waals surface area contributed by atoms with E-state index in [0.717, 1.165) is 32.1 Å². The van der Waals surface area contributed by atoms with Crippen LogP contribution in [-0.2, 0) is 13.6 Å². The summed E-state index contributed by atoms with van der Waals surface area (Å²) in [7, 11) is 1.98. The Morgan fingerprint density at radius 1 is 1.53 bits per heavy atom. The minimum atomic E-state index is 0.658. The van der Waals surface area contributed by atoms with Gasteiger partial charge in [-0.1, -0.05) is 13.8 Å². The minimum absolute atomic E-state index is 0.658. The highest BCUT2D eigenvalue weighted by atomic mass is 15.3. The molecule has 17 heavy (non-hydrogen) atoms. The van der Waals surface area contributed by atoms with Gasteiger partial charge in [-0.3, -0.25) is 9.58 Å². The van der Waals surface area contributed by atoms with Crippen LogP contribution in [0.4, 0.5) is 0 Å². The number of rotatable bonds is 4. The van der Waals surface area contributed by atoms with Crippen LogP contribution in [0.25, 0.3) is 0 Å². The van der Waals surface area contributed by atoms with Crippen LogP contribution in [0.15, 0.2) is 12.3 Å². The first-order chi connectivity index (χ1) is 8.15. The molecule has 1 aromatic rings. The number of hydrogen-bond acceptors (Lipinski definition) is 3. The number of aryl methyl sites for hydroxylation is 1. The molecule has 0 spiro atoms. The Bertz CT molecular complexity index is 345. The summed E-state index contributed by atoms with van der Waals surface area (Å²) < 4.78 is 1.88. The molecule has 2 rings (SSSR count). The fourth-order valence-corrected chi connectivity index (χ4v) is 2.54. The molecule has 0 saturated carbocycles. The van der Waals surface area contributed by atoms with E-state index in [1.807, 2.05) is 17.9 Å². The number of nitrogens with one attached hydrogen (secondary N) is 1. The van der Waals surface area contributed by atoms with Crippen LogP contribution in [0.5, 0.6) is 0 Å². The highest BCUT2D eigenvalue weighted by molar-refractivity contribution is 4.99. The Kier molecular flexibility index (Phi) is 4.18. The summed E-state index contributed by atoms with van der Waals surface area (Å²) in [5.74, 6) is 0.756. The molecule has 1 aliphatic rings. The lowest BCUT2D eigenvalue weighted by Gasteiger charge is -2.36. The van der Waals surface area contributed by atoms with Crippen LogP contribution < -0.4 is 5.32 Å². The first-order valence-corrected chi connectivity index (χ1v) is 6.58. The van der Waals surface area contributed by atoms with E-state index >= 15 is 0 Å². The second-order valence-corrected chi connectivity index (χ2v) is 5.44. The summed E-state index contributed by atoms with van der Waals surface area (Å²) in [6, 6.07) is 2.78. The summed E-state index contributed by atoms with van der Waals surface area (Å²) in [4.78, 5) is 2.57. The molecule has 1 fully saturated rings. The van der Waals surface area contributed by atoms with Gasteiger partial charge in [0.05, 0.1) is 5.69 Å². The maximum Gasteiger partial charge on any atom is 0.0764 e. The van der Waals surface area contributed by atoms with Gasteiger partial charge >= 0.3 is 0 Å². The van der Waals surface area contributed by atoms with Gasteiger partial charge in [0.1, 0.15) is 0 Å². The molecule has 1 atom stereocenters. The smallest absolute Gasteiger partial charge is 0.0764 e. The fraction of sp³-hybridized carbons (Fsp3) is 0.769. The van der Waals surface area contributed by atoms with Crippen molar-refractivity contribution in [3.8, 4) is 0 Å². The Morgan fingerprint density at radius 2 is 2.35 bits per heavy atom. The summed E-state index contributed by atoms with van der Waals surface area (Å²) in [5.41, 5.74) is 1.18. The maximum atomic E-state index is 4.47. The third kappa shape index (κ3) is 3.54. The largest absolute Gasteiger partial charge is 0.314 e. The van der Waals surface area contributed by atoms with Crippen LogP contribution in [0.3, 0.4) is 0 Å². The van der Waals surface area contributed by atoms with Crippen molar-refractivity contribution in [1.82, 2.24) is 20.0 Å². The maximum absolute atomic E-state index is 4.47. The number of nitrogens with zero attached hydrogens (tertiary/aromatic N) is 3. The molecule has 0 aliphatic carbocycles. The third-order valence-electron chi connectivity index (χ3n) is 3.35. The van der Waals surface area contributed by atoms with Gasteiger partial charge in [-0.25, -0.2) is 0 Å². The van der Waals surface area contributed by atoms with Crippen molar-refractivity contribution in [1.29, 1.82) is 0 Å². The van der Waals surface area contributed by atoms with E-state index in [2.05, 4.69) is 35.2 Å². The highest BCUT2D eigenvalue weighted by Crippen LogP contribution is 2.15. The van der Waals surface area contributed by atoms with E-state index in [0.29, 0.717) is 6.04 Å². The van der Waals surface area contributed by atoms with Gasteiger partial charge in [0.25, 0.3) is 0 Å². The van der Waals surface area contributed by atoms with Gasteiger partial charge in [-0.05, 0) is 18.4 Å². The SMILES string of the molecule is CC(C)CC1CNCCN1Cc1ccn(C)n1. The summed E-state index contributed by atoms with van der Waals surface area (Å²) in [6.07, 6.45) is 3.29. The average molecular weight is 236 g/mol. The molecule has 4 heteroatoms. The predicted octanol–water partition coefficient (Wildman–Crippen LogP) is 1.24. The first-order valence-electron chi connectivity index (χ1n) is 6.58. The van der Waals surface area contributed by atoms with E-state index in [1.165, 1.54) is 12.1 Å². The molecule has 0 aromatic carbocycles. The molecule has 1 N–H and O–H groups in total. The minimum Gasteiger partial charge on any atom is -0.314 e. The normalized spacial score (nSPS) is 22.2. The van der Waals surface area contributed by atoms with Crippen LogP contribution in [0, 0.1) is 5.92 Å². The molecule has 0 bridgehead atoms. The van der Waals surface area contributed by atoms with Gasteiger partial charge in [0, 0.05) is 45.5 Å². The Labute approximate surface area is 104 Å². The first kappa shape index (κ1) is 12.6. The van der Waals surface area contributed by atoms with E-state index in [9.17, 15) is 0 Å². The number of hydrogen-bond donors (Lipinski definition) is 1. The van der Waals surface area contributed by atoms with E-state index in [1.54, 1.807) is 0 Å². The highest BCUT2D eigenvalue weighted by Gasteiger charge is 2.23. The summed E-state index contributed by atoms with van der Waals surface area (Å²) >= 11 is 0. The average Bonchev–Trinajstić information content (AvgIpc) is 2.66. The molecular formula is C13H24N4. The lowest BCUT2D eigenvalue weighted by atomic mass is 10.0. The number of aromatic nitrogens is 2. The van der Waals surface area contributed by atoms with Gasteiger partial charge in [-0.15, -0.1) is 0 Å². The van der Waals surface area contributed by atoms with Crippen LogP contribution in [-0.4, -0.2) is 40.4 Å². The summed E-state index contributed by atoms with van der Waals surface area (Å²) in [6.45, 7) is 8.93. The van der Waals surface area contributed by atoms with Crippen molar-refractivity contribution in [3.63, 3.8) is 0 Å². The monoisotopic (exact) mass is 236 g/mol. The molecule has 2 heterocycles. The van der Waals surface area contributed by atoms with Crippen molar-refractivity contribution in [2.24, 2.45) is 13.0 Å². The predicted molar refractivity (Wildman–Crippen MR) is 69.7 cm³/mol. The second kappa shape index (κ2) is 5.65. The molecule has 1 aromatic heterocycles.